The van der Waals surface area contributed by atoms with Crippen LogP contribution in [0.2, 0.25) is 0 Å². The van der Waals surface area contributed by atoms with E-state index in [0.29, 0.717) is 17.7 Å². The van der Waals surface area contributed by atoms with Gasteiger partial charge in [-0.05, 0) is 24.1 Å². The molecular weight excluding hydrogens is 188 g/mol. The van der Waals surface area contributed by atoms with Crippen LogP contribution in [0.15, 0.2) is 29.2 Å². The van der Waals surface area contributed by atoms with Gasteiger partial charge in [-0.2, -0.15) is 0 Å². The lowest BCUT2D eigenvalue weighted by molar-refractivity contribution is -0.107. The van der Waals surface area contributed by atoms with Crippen LogP contribution < -0.4 is 0 Å². The van der Waals surface area contributed by atoms with E-state index >= 15 is 0 Å². The molecule has 0 amide bonds. The molecule has 0 heterocycles. The number of carbonyl (C=O) groups excluding carboxylic acids is 1. The van der Waals surface area contributed by atoms with Gasteiger partial charge in [0.2, 0.25) is 0 Å². The summed E-state index contributed by atoms with van der Waals surface area (Å²) in [6, 6.07) is 6.62. The fourth-order valence-electron chi connectivity index (χ4n) is 1.05. The standard InChI is InChI=1S/C9H10O3S/c10-6-2-4-8-3-1-5-9(7-8)13(11)12/h1,3,5-7,13H,2,4H2. The summed E-state index contributed by atoms with van der Waals surface area (Å²) in [6.45, 7) is 0. The normalized spacial score (nSPS) is 10.2. The molecule has 0 unspecified atom stereocenters. The van der Waals surface area contributed by atoms with E-state index in [1.165, 1.54) is 6.07 Å². The minimum atomic E-state index is -2.52. The van der Waals surface area contributed by atoms with E-state index in [1.54, 1.807) is 12.1 Å². The topological polar surface area (TPSA) is 51.2 Å². The van der Waals surface area contributed by atoms with Crippen molar-refractivity contribution in [3.63, 3.8) is 0 Å². The van der Waals surface area contributed by atoms with Gasteiger partial charge in [0.05, 0.1) is 4.90 Å². The second kappa shape index (κ2) is 4.77. The van der Waals surface area contributed by atoms with Crippen LogP contribution >= 0.6 is 0 Å². The highest BCUT2D eigenvalue weighted by Crippen LogP contribution is 2.07. The summed E-state index contributed by atoms with van der Waals surface area (Å²) in [5, 5.41) is 0. The van der Waals surface area contributed by atoms with Gasteiger partial charge in [-0.1, -0.05) is 12.1 Å². The van der Waals surface area contributed by atoms with Crippen LogP contribution in [-0.2, 0) is 21.9 Å². The summed E-state index contributed by atoms with van der Waals surface area (Å²) in [5.41, 5.74) is 0.879. The van der Waals surface area contributed by atoms with Gasteiger partial charge in [-0.3, -0.25) is 0 Å². The zero-order chi connectivity index (χ0) is 9.68. The second-order valence-corrected chi connectivity index (χ2v) is 3.66. The quantitative estimate of drug-likeness (QED) is 0.574. The van der Waals surface area contributed by atoms with Crippen LogP contribution in [0, 0.1) is 0 Å². The van der Waals surface area contributed by atoms with Crippen LogP contribution in [0.25, 0.3) is 0 Å². The van der Waals surface area contributed by atoms with E-state index in [-0.39, 0.29) is 0 Å². The van der Waals surface area contributed by atoms with Crippen molar-refractivity contribution in [2.75, 3.05) is 0 Å². The van der Waals surface area contributed by atoms with E-state index in [0.717, 1.165) is 11.8 Å². The predicted molar refractivity (Wildman–Crippen MR) is 49.4 cm³/mol. The number of thiol groups is 1. The Kier molecular flexibility index (Phi) is 3.64. The maximum Gasteiger partial charge on any atom is 0.168 e. The smallest absolute Gasteiger partial charge is 0.168 e. The molecule has 0 bridgehead atoms. The maximum atomic E-state index is 10.6. The summed E-state index contributed by atoms with van der Waals surface area (Å²) in [7, 11) is -2.52. The molecule has 0 radical (unpaired) electrons. The molecule has 0 atom stereocenters. The predicted octanol–water partition coefficient (Wildman–Crippen LogP) is 0.788. The van der Waals surface area contributed by atoms with Gasteiger partial charge in [-0.15, -0.1) is 0 Å². The van der Waals surface area contributed by atoms with Gasteiger partial charge >= 0.3 is 0 Å². The van der Waals surface area contributed by atoms with Crippen molar-refractivity contribution in [3.05, 3.63) is 29.8 Å². The molecule has 0 aliphatic heterocycles. The van der Waals surface area contributed by atoms with Gasteiger partial charge in [0.1, 0.15) is 6.29 Å². The van der Waals surface area contributed by atoms with Crippen molar-refractivity contribution < 1.29 is 13.2 Å². The first kappa shape index (κ1) is 9.92. The van der Waals surface area contributed by atoms with Crippen molar-refractivity contribution in [1.29, 1.82) is 0 Å². The van der Waals surface area contributed by atoms with Crippen LogP contribution in [0.5, 0.6) is 0 Å². The van der Waals surface area contributed by atoms with E-state index in [2.05, 4.69) is 0 Å². The van der Waals surface area contributed by atoms with Gasteiger partial charge in [0.15, 0.2) is 10.7 Å². The summed E-state index contributed by atoms with van der Waals surface area (Å²) < 4.78 is 21.2. The third-order valence-electron chi connectivity index (χ3n) is 1.67. The Labute approximate surface area is 78.3 Å². The Morgan fingerprint density at radius 3 is 2.69 bits per heavy atom. The fraction of sp³-hybridized carbons (Fsp3) is 0.222. The Balaban J connectivity index is 2.85. The van der Waals surface area contributed by atoms with Crippen molar-refractivity contribution in [3.8, 4) is 0 Å². The number of rotatable bonds is 4. The number of aldehydes is 1. The highest BCUT2D eigenvalue weighted by atomic mass is 32.2. The van der Waals surface area contributed by atoms with E-state index in [1.807, 2.05) is 6.07 Å². The first-order chi connectivity index (χ1) is 6.24. The van der Waals surface area contributed by atoms with Gasteiger partial charge in [0.25, 0.3) is 0 Å². The van der Waals surface area contributed by atoms with Gasteiger partial charge in [-0.25, -0.2) is 8.42 Å². The average Bonchev–Trinajstić information content (AvgIpc) is 2.15. The van der Waals surface area contributed by atoms with Gasteiger partial charge in [0, 0.05) is 6.42 Å². The van der Waals surface area contributed by atoms with Crippen molar-refractivity contribution >= 4 is 17.0 Å². The van der Waals surface area contributed by atoms with Gasteiger partial charge < -0.3 is 4.79 Å². The summed E-state index contributed by atoms with van der Waals surface area (Å²) in [5.74, 6) is 0. The van der Waals surface area contributed by atoms with Crippen LogP contribution in [0.4, 0.5) is 0 Å². The number of hydrogen-bond donors (Lipinski definition) is 1. The molecule has 0 fully saturated rings. The Bertz CT molecular complexity index is 361. The minimum Gasteiger partial charge on any atom is -0.303 e. The second-order valence-electron chi connectivity index (χ2n) is 2.63. The molecule has 1 aromatic carbocycles. The third kappa shape index (κ3) is 2.99. The molecule has 13 heavy (non-hydrogen) atoms. The molecular formula is C9H10O3S. The highest BCUT2D eigenvalue weighted by Gasteiger charge is 1.96. The lowest BCUT2D eigenvalue weighted by atomic mass is 10.1. The Morgan fingerprint density at radius 2 is 2.08 bits per heavy atom. The van der Waals surface area contributed by atoms with Crippen molar-refractivity contribution in [1.82, 2.24) is 0 Å². The maximum absolute atomic E-state index is 10.6. The molecule has 3 nitrogen and oxygen atoms in total. The molecule has 0 saturated carbocycles. The Morgan fingerprint density at radius 1 is 1.31 bits per heavy atom. The Hall–Kier alpha value is -1.16. The van der Waals surface area contributed by atoms with E-state index in [4.69, 9.17) is 0 Å². The first-order valence-corrected chi connectivity index (χ1v) is 5.09. The number of benzene rings is 1. The molecule has 1 rings (SSSR count). The summed E-state index contributed by atoms with van der Waals surface area (Å²) >= 11 is 0. The number of carbonyl (C=O) groups is 1. The molecule has 0 aliphatic rings. The zero-order valence-electron chi connectivity index (χ0n) is 6.97. The van der Waals surface area contributed by atoms with E-state index < -0.39 is 10.7 Å². The molecule has 0 aromatic heterocycles. The molecule has 0 N–H and O–H groups in total. The highest BCUT2D eigenvalue weighted by molar-refractivity contribution is 7.72. The monoisotopic (exact) mass is 198 g/mol. The third-order valence-corrected chi connectivity index (χ3v) is 2.37. The fourth-order valence-corrected chi connectivity index (χ4v) is 1.53. The lowest BCUT2D eigenvalue weighted by Gasteiger charge is -1.97. The molecule has 0 aliphatic carbocycles. The zero-order valence-corrected chi connectivity index (χ0v) is 7.87. The van der Waals surface area contributed by atoms with E-state index in [9.17, 15) is 13.2 Å². The number of aryl methyl sites for hydroxylation is 1. The van der Waals surface area contributed by atoms with Crippen LogP contribution in [0.1, 0.15) is 12.0 Å². The lowest BCUT2D eigenvalue weighted by Crippen LogP contribution is -1.88. The number of hydrogen-bond acceptors (Lipinski definition) is 3. The van der Waals surface area contributed by atoms with Crippen molar-refractivity contribution in [2.45, 2.75) is 17.7 Å². The molecule has 0 spiro atoms. The minimum absolute atomic E-state index is 0.304. The molecule has 4 heteroatoms. The molecule has 0 saturated heterocycles. The average molecular weight is 198 g/mol. The van der Waals surface area contributed by atoms with Crippen LogP contribution in [0.3, 0.4) is 0 Å². The molecule has 1 aromatic rings. The largest absolute Gasteiger partial charge is 0.303 e. The van der Waals surface area contributed by atoms with Crippen LogP contribution in [-0.4, -0.2) is 14.7 Å². The summed E-state index contributed by atoms with van der Waals surface area (Å²) in [6.07, 6.45) is 1.85. The summed E-state index contributed by atoms with van der Waals surface area (Å²) in [4.78, 5) is 10.4. The SMILES string of the molecule is O=CCCc1cccc([SH](=O)=O)c1. The molecule has 70 valence electrons. The first-order valence-electron chi connectivity index (χ1n) is 3.91. The van der Waals surface area contributed by atoms with Crippen molar-refractivity contribution in [2.24, 2.45) is 0 Å².